The molecule has 0 fully saturated rings. The average molecular weight is 621 g/mol. The molecular weight excluding hydrogens is 552 g/mol. The van der Waals surface area contributed by atoms with Gasteiger partial charge < -0.3 is 20.9 Å². The highest BCUT2D eigenvalue weighted by Gasteiger charge is 2.19. The van der Waals surface area contributed by atoms with Gasteiger partial charge in [0.15, 0.2) is 0 Å². The fourth-order valence-electron chi connectivity index (χ4n) is 5.22. The van der Waals surface area contributed by atoms with Crippen LogP contribution in [0.5, 0.6) is 0 Å². The third-order valence-corrected chi connectivity index (χ3v) is 8.00. The van der Waals surface area contributed by atoms with Gasteiger partial charge in [-0.1, -0.05) is 122 Å². The molecule has 0 saturated heterocycles. The topological polar surface area (TPSA) is 119 Å². The zero-order valence-electron chi connectivity index (χ0n) is 28.5. The monoisotopic (exact) mass is 621 g/mol. The third kappa shape index (κ3) is 28.6. The van der Waals surface area contributed by atoms with E-state index >= 15 is 0 Å². The molecule has 0 saturated carbocycles. The van der Waals surface area contributed by atoms with Gasteiger partial charge in [0.1, 0.15) is 12.1 Å². The van der Waals surface area contributed by atoms with Crippen molar-refractivity contribution in [1.82, 2.24) is 5.32 Å². The molecule has 0 bridgehead atoms. The zero-order valence-corrected chi connectivity index (χ0v) is 28.5. The number of unbranched alkanes of at least 4 members (excludes halogenated alkanes) is 16. The van der Waals surface area contributed by atoms with Gasteiger partial charge in [-0.3, -0.25) is 9.59 Å². The number of esters is 1. The predicted octanol–water partition coefficient (Wildman–Crippen LogP) is 9.33. The van der Waals surface area contributed by atoms with Gasteiger partial charge in [-0.2, -0.15) is 0 Å². The van der Waals surface area contributed by atoms with Crippen LogP contribution in [-0.2, 0) is 19.1 Å². The number of carboxylic acid groups (broad SMARTS) is 1. The fourth-order valence-corrected chi connectivity index (χ4v) is 5.22. The Kier molecular flexibility index (Phi) is 30.7. The van der Waals surface area contributed by atoms with E-state index in [2.05, 4.69) is 37.4 Å². The number of ether oxygens (including phenoxy) is 1. The first-order valence-electron chi connectivity index (χ1n) is 18.2. The highest BCUT2D eigenvalue weighted by Crippen LogP contribution is 2.15. The van der Waals surface area contributed by atoms with Gasteiger partial charge in [-0.05, 0) is 70.4 Å². The van der Waals surface area contributed by atoms with Crippen molar-refractivity contribution in [1.29, 1.82) is 0 Å². The second-order valence-electron chi connectivity index (χ2n) is 12.3. The largest absolute Gasteiger partial charge is 0.480 e. The minimum absolute atomic E-state index is 0.107. The number of nitrogens with one attached hydrogen (secondary N) is 1. The molecule has 256 valence electrons. The molecule has 0 aromatic rings. The van der Waals surface area contributed by atoms with E-state index in [0.29, 0.717) is 38.6 Å². The molecule has 7 heteroatoms. The van der Waals surface area contributed by atoms with E-state index in [0.717, 1.165) is 51.4 Å². The van der Waals surface area contributed by atoms with E-state index in [1.54, 1.807) is 0 Å². The minimum Gasteiger partial charge on any atom is -0.480 e. The van der Waals surface area contributed by atoms with Crippen LogP contribution in [0, 0.1) is 0 Å². The van der Waals surface area contributed by atoms with Crippen molar-refractivity contribution >= 4 is 17.8 Å². The van der Waals surface area contributed by atoms with Crippen LogP contribution in [0.4, 0.5) is 0 Å². The van der Waals surface area contributed by atoms with E-state index in [9.17, 15) is 19.5 Å². The molecule has 0 rings (SSSR count). The van der Waals surface area contributed by atoms with Crippen LogP contribution in [0.1, 0.15) is 174 Å². The first-order valence-corrected chi connectivity index (χ1v) is 18.2. The average Bonchev–Trinajstić information content (AvgIpc) is 3.00. The molecule has 0 aliphatic heterocycles. The van der Waals surface area contributed by atoms with Crippen LogP contribution >= 0.6 is 0 Å². The summed E-state index contributed by atoms with van der Waals surface area (Å²) < 4.78 is 5.87. The number of aliphatic carboxylic acids is 1. The van der Waals surface area contributed by atoms with Crippen molar-refractivity contribution < 1.29 is 24.2 Å². The summed E-state index contributed by atoms with van der Waals surface area (Å²) in [6.07, 6.45) is 33.7. The molecule has 2 atom stereocenters. The van der Waals surface area contributed by atoms with Gasteiger partial charge in [0.05, 0.1) is 0 Å². The van der Waals surface area contributed by atoms with Gasteiger partial charge in [-0.15, -0.1) is 0 Å². The second kappa shape index (κ2) is 32.2. The summed E-state index contributed by atoms with van der Waals surface area (Å²) in [6.45, 7) is 4.87. The Morgan fingerprint density at radius 1 is 0.682 bits per heavy atom. The van der Waals surface area contributed by atoms with Crippen LogP contribution in [-0.4, -0.2) is 41.6 Å². The highest BCUT2D eigenvalue weighted by atomic mass is 16.5. The highest BCUT2D eigenvalue weighted by molar-refractivity contribution is 5.83. The Hall–Kier alpha value is -2.15. The first-order chi connectivity index (χ1) is 21.4. The van der Waals surface area contributed by atoms with E-state index in [1.165, 1.54) is 77.0 Å². The summed E-state index contributed by atoms with van der Waals surface area (Å²) in [4.78, 5) is 36.1. The summed E-state index contributed by atoms with van der Waals surface area (Å²) in [5.74, 6) is -1.35. The number of amides is 1. The normalized spacial score (nSPS) is 13.0. The summed E-state index contributed by atoms with van der Waals surface area (Å²) >= 11 is 0. The zero-order chi connectivity index (χ0) is 32.5. The Balaban J connectivity index is 4.39. The van der Waals surface area contributed by atoms with E-state index in [1.807, 2.05) is 6.08 Å². The Labute approximate surface area is 270 Å². The molecule has 0 aliphatic rings. The van der Waals surface area contributed by atoms with Gasteiger partial charge in [0.2, 0.25) is 5.91 Å². The van der Waals surface area contributed by atoms with E-state index in [-0.39, 0.29) is 18.0 Å². The van der Waals surface area contributed by atoms with Crippen LogP contribution in [0.2, 0.25) is 0 Å². The summed E-state index contributed by atoms with van der Waals surface area (Å²) in [5.41, 5.74) is 5.46. The number of carbonyl (C=O) groups is 3. The fraction of sp³-hybridized carbons (Fsp3) is 0.811. The van der Waals surface area contributed by atoms with Gasteiger partial charge >= 0.3 is 11.9 Å². The number of rotatable bonds is 32. The Bertz CT molecular complexity index is 752. The molecule has 1 amide bonds. The number of nitrogens with two attached hydrogens (primary N) is 1. The van der Waals surface area contributed by atoms with Crippen molar-refractivity contribution in [2.75, 3.05) is 6.54 Å². The molecule has 0 spiro atoms. The molecule has 44 heavy (non-hydrogen) atoms. The number of hydrogen-bond donors (Lipinski definition) is 3. The number of allylic oxidation sites excluding steroid dienone is 3. The van der Waals surface area contributed by atoms with Crippen molar-refractivity contribution in [3.8, 4) is 0 Å². The summed E-state index contributed by atoms with van der Waals surface area (Å²) in [6, 6.07) is -0.871. The standard InChI is InChI=1S/C37H68N2O5/c1-3-5-7-9-11-13-14-15-17-19-25-31-36(41)44-33(27-22-18-16-12-10-8-6-4-2)28-23-20-21-24-30-35(40)39-34(37(42)43)29-26-32-38/h12,16,22,27,33-34H,3-11,13-15,17-21,23-26,28-32,38H2,1-2H3,(H,39,40)(H,42,43)/b16-12-,27-22-. The number of carboxylic acids is 1. The second-order valence-corrected chi connectivity index (χ2v) is 12.3. The van der Waals surface area contributed by atoms with E-state index < -0.39 is 12.0 Å². The molecule has 7 nitrogen and oxygen atoms in total. The lowest BCUT2D eigenvalue weighted by Crippen LogP contribution is -2.40. The lowest BCUT2D eigenvalue weighted by Gasteiger charge is -2.15. The smallest absolute Gasteiger partial charge is 0.326 e. The lowest BCUT2D eigenvalue weighted by atomic mass is 10.1. The predicted molar refractivity (Wildman–Crippen MR) is 184 cm³/mol. The Morgan fingerprint density at radius 2 is 1.25 bits per heavy atom. The quantitative estimate of drug-likeness (QED) is 0.0392. The van der Waals surface area contributed by atoms with Gasteiger partial charge in [-0.25, -0.2) is 4.79 Å². The van der Waals surface area contributed by atoms with Crippen molar-refractivity contribution in [2.45, 2.75) is 187 Å². The molecule has 0 radical (unpaired) electrons. The molecule has 0 aromatic carbocycles. The van der Waals surface area contributed by atoms with Crippen molar-refractivity contribution in [2.24, 2.45) is 5.73 Å². The molecular formula is C37H68N2O5. The maximum atomic E-state index is 12.6. The number of carbonyl (C=O) groups excluding carboxylic acids is 2. The van der Waals surface area contributed by atoms with Crippen LogP contribution in [0.15, 0.2) is 24.3 Å². The number of hydrogen-bond acceptors (Lipinski definition) is 5. The molecule has 0 aliphatic carbocycles. The van der Waals surface area contributed by atoms with Gasteiger partial charge in [0.25, 0.3) is 0 Å². The van der Waals surface area contributed by atoms with Gasteiger partial charge in [0, 0.05) is 12.8 Å². The van der Waals surface area contributed by atoms with Crippen molar-refractivity contribution in [3.63, 3.8) is 0 Å². The van der Waals surface area contributed by atoms with Crippen LogP contribution in [0.3, 0.4) is 0 Å². The van der Waals surface area contributed by atoms with Crippen molar-refractivity contribution in [3.05, 3.63) is 24.3 Å². The maximum Gasteiger partial charge on any atom is 0.326 e. The minimum atomic E-state index is -1.02. The molecule has 4 N–H and O–H groups in total. The summed E-state index contributed by atoms with van der Waals surface area (Å²) in [5, 5.41) is 11.9. The Morgan fingerprint density at radius 3 is 1.86 bits per heavy atom. The first kappa shape index (κ1) is 41.9. The third-order valence-electron chi connectivity index (χ3n) is 8.00. The van der Waals surface area contributed by atoms with Crippen LogP contribution < -0.4 is 11.1 Å². The SMILES string of the molecule is CCCCC/C=C\C/C=C\C(CCCCCCC(=O)NC(CCCN)C(=O)O)OC(=O)CCCCCCCCCCCCC. The molecule has 0 aromatic heterocycles. The van der Waals surface area contributed by atoms with E-state index in [4.69, 9.17) is 10.5 Å². The molecule has 0 heterocycles. The molecule has 2 unspecified atom stereocenters. The lowest BCUT2D eigenvalue weighted by molar-refractivity contribution is -0.147. The maximum absolute atomic E-state index is 12.6. The summed E-state index contributed by atoms with van der Waals surface area (Å²) in [7, 11) is 0. The van der Waals surface area contributed by atoms with Crippen LogP contribution in [0.25, 0.3) is 0 Å².